The van der Waals surface area contributed by atoms with E-state index in [4.69, 9.17) is 0 Å². The smallest absolute Gasteiger partial charge is 0.407 e. The first kappa shape index (κ1) is 13.9. The number of aromatic nitrogens is 2. The van der Waals surface area contributed by atoms with Crippen LogP contribution in [0.15, 0.2) is 18.6 Å². The van der Waals surface area contributed by atoms with E-state index in [1.165, 1.54) is 12.0 Å². The number of alkyl carbamates (subject to hydrolysis) is 1. The highest BCUT2D eigenvalue weighted by Crippen LogP contribution is 2.00. The van der Waals surface area contributed by atoms with Crippen LogP contribution in [-0.2, 0) is 16.1 Å². The fourth-order valence-corrected chi connectivity index (χ4v) is 1.36. The van der Waals surface area contributed by atoms with E-state index in [1.807, 2.05) is 0 Å². The van der Waals surface area contributed by atoms with Crippen molar-refractivity contribution in [3.8, 4) is 0 Å². The van der Waals surface area contributed by atoms with Crippen LogP contribution in [0.5, 0.6) is 0 Å². The predicted molar refractivity (Wildman–Crippen MR) is 63.5 cm³/mol. The molecular weight excluding hydrogens is 236 g/mol. The standard InChI is InChI=1S/C11H16N4O3/c1-8(14-11(17)18-3)10(16)15(2)7-9-6-12-4-5-13-9/h4-6,8H,7H2,1-3H3,(H,14,17)/t8-/m1/s1. The summed E-state index contributed by atoms with van der Waals surface area (Å²) in [5.74, 6) is -0.231. The average Bonchev–Trinajstić information content (AvgIpc) is 2.38. The zero-order valence-corrected chi connectivity index (χ0v) is 10.6. The van der Waals surface area contributed by atoms with Crippen molar-refractivity contribution in [3.05, 3.63) is 24.3 Å². The summed E-state index contributed by atoms with van der Waals surface area (Å²) in [5.41, 5.74) is 0.679. The molecule has 0 aromatic carbocycles. The van der Waals surface area contributed by atoms with Crippen LogP contribution in [0.25, 0.3) is 0 Å². The second-order valence-electron chi connectivity index (χ2n) is 3.75. The van der Waals surface area contributed by atoms with Gasteiger partial charge in [0.25, 0.3) is 0 Å². The first-order valence-corrected chi connectivity index (χ1v) is 5.39. The van der Waals surface area contributed by atoms with Gasteiger partial charge >= 0.3 is 6.09 Å². The van der Waals surface area contributed by atoms with E-state index < -0.39 is 12.1 Å². The Balaban J connectivity index is 2.53. The van der Waals surface area contributed by atoms with E-state index >= 15 is 0 Å². The summed E-state index contributed by atoms with van der Waals surface area (Å²) in [5, 5.41) is 2.41. The number of carbonyl (C=O) groups excluding carboxylic acids is 2. The maximum Gasteiger partial charge on any atom is 0.407 e. The molecule has 0 aliphatic rings. The summed E-state index contributed by atoms with van der Waals surface area (Å²) in [4.78, 5) is 32.3. The van der Waals surface area contributed by atoms with E-state index in [9.17, 15) is 9.59 Å². The molecular formula is C11H16N4O3. The molecule has 0 aliphatic heterocycles. The minimum Gasteiger partial charge on any atom is -0.453 e. The molecule has 0 saturated carbocycles. The summed E-state index contributed by atoms with van der Waals surface area (Å²) < 4.78 is 4.43. The van der Waals surface area contributed by atoms with Crippen LogP contribution in [0, 0.1) is 0 Å². The third-order valence-corrected chi connectivity index (χ3v) is 2.28. The number of hydrogen-bond acceptors (Lipinski definition) is 5. The highest BCUT2D eigenvalue weighted by Gasteiger charge is 2.19. The minimum absolute atomic E-state index is 0.231. The highest BCUT2D eigenvalue weighted by atomic mass is 16.5. The largest absolute Gasteiger partial charge is 0.453 e. The fraction of sp³-hybridized carbons (Fsp3) is 0.455. The van der Waals surface area contributed by atoms with Gasteiger partial charge in [-0.05, 0) is 6.92 Å². The van der Waals surface area contributed by atoms with Gasteiger partial charge in [-0.2, -0.15) is 0 Å². The van der Waals surface area contributed by atoms with Crippen LogP contribution in [0.4, 0.5) is 4.79 Å². The van der Waals surface area contributed by atoms with Crippen LogP contribution in [0.1, 0.15) is 12.6 Å². The molecule has 0 aliphatic carbocycles. The van der Waals surface area contributed by atoms with Crippen molar-refractivity contribution in [2.45, 2.75) is 19.5 Å². The van der Waals surface area contributed by atoms with Gasteiger partial charge in [0, 0.05) is 19.4 Å². The molecule has 0 spiro atoms. The average molecular weight is 252 g/mol. The fourth-order valence-electron chi connectivity index (χ4n) is 1.36. The highest BCUT2D eigenvalue weighted by molar-refractivity contribution is 5.85. The number of nitrogens with zero attached hydrogens (tertiary/aromatic N) is 3. The minimum atomic E-state index is -0.654. The summed E-state index contributed by atoms with van der Waals surface area (Å²) in [6.45, 7) is 1.92. The van der Waals surface area contributed by atoms with Crippen LogP contribution >= 0.6 is 0 Å². The Hall–Kier alpha value is -2.18. The third kappa shape index (κ3) is 4.00. The predicted octanol–water partition coefficient (Wildman–Crippen LogP) is 0.179. The molecule has 7 nitrogen and oxygen atoms in total. The molecule has 0 bridgehead atoms. The topological polar surface area (TPSA) is 84.4 Å². The van der Waals surface area contributed by atoms with Crippen LogP contribution in [0.2, 0.25) is 0 Å². The van der Waals surface area contributed by atoms with Crippen LogP contribution < -0.4 is 5.32 Å². The lowest BCUT2D eigenvalue weighted by molar-refractivity contribution is -0.132. The second kappa shape index (κ2) is 6.53. The number of rotatable bonds is 4. The number of methoxy groups -OCH3 is 1. The Morgan fingerprint density at radius 1 is 1.50 bits per heavy atom. The lowest BCUT2D eigenvalue weighted by atomic mass is 10.3. The molecule has 1 aromatic rings. The molecule has 0 fully saturated rings. The van der Waals surface area contributed by atoms with Gasteiger partial charge in [-0.15, -0.1) is 0 Å². The Morgan fingerprint density at radius 3 is 2.78 bits per heavy atom. The van der Waals surface area contributed by atoms with E-state index in [0.717, 1.165) is 0 Å². The van der Waals surface area contributed by atoms with Gasteiger partial charge in [0.2, 0.25) is 5.91 Å². The van der Waals surface area contributed by atoms with Gasteiger partial charge < -0.3 is 15.0 Å². The monoisotopic (exact) mass is 252 g/mol. The lowest BCUT2D eigenvalue weighted by Gasteiger charge is -2.21. The Bertz CT molecular complexity index is 410. The maximum absolute atomic E-state index is 11.9. The molecule has 98 valence electrons. The van der Waals surface area contributed by atoms with Crippen LogP contribution in [-0.4, -0.2) is 47.1 Å². The number of amides is 2. The van der Waals surface area contributed by atoms with E-state index in [-0.39, 0.29) is 5.91 Å². The van der Waals surface area contributed by atoms with Gasteiger partial charge in [0.15, 0.2) is 0 Å². The van der Waals surface area contributed by atoms with Crippen molar-refractivity contribution in [1.82, 2.24) is 20.2 Å². The van der Waals surface area contributed by atoms with Gasteiger partial charge in [-0.3, -0.25) is 14.8 Å². The molecule has 1 atom stereocenters. The first-order valence-electron chi connectivity index (χ1n) is 5.39. The van der Waals surface area contributed by atoms with Crippen molar-refractivity contribution in [2.75, 3.05) is 14.2 Å². The van der Waals surface area contributed by atoms with Crippen molar-refractivity contribution in [3.63, 3.8) is 0 Å². The molecule has 0 saturated heterocycles. The Morgan fingerprint density at radius 2 is 2.22 bits per heavy atom. The van der Waals surface area contributed by atoms with E-state index in [2.05, 4.69) is 20.0 Å². The van der Waals surface area contributed by atoms with E-state index in [0.29, 0.717) is 12.2 Å². The Kier molecular flexibility index (Phi) is 5.04. The van der Waals surface area contributed by atoms with Gasteiger partial charge in [-0.25, -0.2) is 4.79 Å². The van der Waals surface area contributed by atoms with Crippen molar-refractivity contribution >= 4 is 12.0 Å². The first-order chi connectivity index (χ1) is 8.54. The van der Waals surface area contributed by atoms with Gasteiger partial charge in [0.05, 0.1) is 25.5 Å². The lowest BCUT2D eigenvalue weighted by Crippen LogP contribution is -2.45. The van der Waals surface area contributed by atoms with Gasteiger partial charge in [0.1, 0.15) is 6.04 Å². The zero-order chi connectivity index (χ0) is 13.5. The molecule has 0 radical (unpaired) electrons. The third-order valence-electron chi connectivity index (χ3n) is 2.28. The summed E-state index contributed by atoms with van der Waals surface area (Å²) in [7, 11) is 2.88. The number of ether oxygens (including phenoxy) is 1. The van der Waals surface area contributed by atoms with Gasteiger partial charge in [-0.1, -0.05) is 0 Å². The molecule has 1 N–H and O–H groups in total. The van der Waals surface area contributed by atoms with Crippen molar-refractivity contribution in [2.24, 2.45) is 0 Å². The molecule has 1 rings (SSSR count). The SMILES string of the molecule is COC(=O)N[C@H](C)C(=O)N(C)Cc1cnccn1. The normalized spacial score (nSPS) is 11.5. The van der Waals surface area contributed by atoms with Crippen LogP contribution in [0.3, 0.4) is 0 Å². The quantitative estimate of drug-likeness (QED) is 0.826. The summed E-state index contributed by atoms with van der Waals surface area (Å²) in [6, 6.07) is -0.654. The van der Waals surface area contributed by atoms with Crippen molar-refractivity contribution in [1.29, 1.82) is 0 Å². The molecule has 0 unspecified atom stereocenters. The molecule has 7 heteroatoms. The maximum atomic E-state index is 11.9. The van der Waals surface area contributed by atoms with E-state index in [1.54, 1.807) is 32.6 Å². The second-order valence-corrected chi connectivity index (χ2v) is 3.75. The number of hydrogen-bond donors (Lipinski definition) is 1. The number of likely N-dealkylation sites (N-methyl/N-ethyl adjacent to an activating group) is 1. The zero-order valence-electron chi connectivity index (χ0n) is 10.6. The number of carbonyl (C=O) groups is 2. The van der Waals surface area contributed by atoms with Crippen molar-refractivity contribution < 1.29 is 14.3 Å². The molecule has 1 aromatic heterocycles. The summed E-state index contributed by atoms with van der Waals surface area (Å²) in [6.07, 6.45) is 4.07. The molecule has 18 heavy (non-hydrogen) atoms. The number of nitrogens with one attached hydrogen (secondary N) is 1. The Labute approximate surface area is 105 Å². The molecule has 1 heterocycles. The molecule has 2 amide bonds. The summed E-state index contributed by atoms with van der Waals surface area (Å²) >= 11 is 0.